The molecule has 0 aliphatic carbocycles. The third-order valence-electron chi connectivity index (χ3n) is 4.04. The van der Waals surface area contributed by atoms with Crippen molar-refractivity contribution in [2.75, 3.05) is 37.7 Å². The van der Waals surface area contributed by atoms with Crippen LogP contribution in [-0.2, 0) is 4.79 Å². The third-order valence-corrected chi connectivity index (χ3v) is 4.04. The van der Waals surface area contributed by atoms with Gasteiger partial charge in [0.1, 0.15) is 5.75 Å². The molecule has 1 fully saturated rings. The number of para-hydroxylation sites is 3. The molecule has 1 saturated heterocycles. The van der Waals surface area contributed by atoms with Crippen LogP contribution in [0.1, 0.15) is 0 Å². The van der Waals surface area contributed by atoms with Gasteiger partial charge in [-0.1, -0.05) is 24.3 Å². The fraction of sp³-hybridized carbons (Fsp3) is 0.278. The fourth-order valence-corrected chi connectivity index (χ4v) is 2.72. The summed E-state index contributed by atoms with van der Waals surface area (Å²) in [6.07, 6.45) is 0. The molecule has 1 amide bonds. The van der Waals surface area contributed by atoms with Crippen molar-refractivity contribution >= 4 is 11.6 Å². The summed E-state index contributed by atoms with van der Waals surface area (Å²) in [6.45, 7) is 2.14. The Morgan fingerprint density at radius 1 is 1.04 bits per heavy atom. The van der Waals surface area contributed by atoms with Crippen LogP contribution in [0.4, 0.5) is 10.1 Å². The number of benzene rings is 2. The molecule has 1 heterocycles. The first-order chi connectivity index (χ1) is 11.6. The lowest BCUT2D eigenvalue weighted by atomic mass is 10.2. The molecule has 0 atom stereocenters. The monoisotopic (exact) mass is 330 g/mol. The van der Waals surface area contributed by atoms with E-state index < -0.39 is 5.82 Å². The highest BCUT2D eigenvalue weighted by Crippen LogP contribution is 2.27. The number of carbonyl (C=O) groups excluding carboxylic acids is 1. The van der Waals surface area contributed by atoms with Crippen LogP contribution in [0.3, 0.4) is 0 Å². The zero-order valence-electron chi connectivity index (χ0n) is 13.2. The predicted molar refractivity (Wildman–Crippen MR) is 88.8 cm³/mol. The number of rotatable bonds is 4. The van der Waals surface area contributed by atoms with Crippen molar-refractivity contribution in [1.82, 2.24) is 4.90 Å². The Bertz CT molecular complexity index is 715. The van der Waals surface area contributed by atoms with E-state index in [0.29, 0.717) is 26.2 Å². The van der Waals surface area contributed by atoms with Gasteiger partial charge in [-0.3, -0.25) is 4.79 Å². The molecule has 0 bridgehead atoms. The highest BCUT2D eigenvalue weighted by molar-refractivity contribution is 5.78. The molecular formula is C18H19FN2O3. The Kier molecular flexibility index (Phi) is 4.84. The Morgan fingerprint density at radius 2 is 1.71 bits per heavy atom. The van der Waals surface area contributed by atoms with E-state index in [1.807, 2.05) is 17.0 Å². The van der Waals surface area contributed by atoms with E-state index in [0.717, 1.165) is 5.69 Å². The Labute approximate surface area is 139 Å². The number of nitrogens with zero attached hydrogens (tertiary/aromatic N) is 2. The Morgan fingerprint density at radius 3 is 2.42 bits per heavy atom. The number of hydrogen-bond acceptors (Lipinski definition) is 4. The number of aromatic hydroxyl groups is 1. The van der Waals surface area contributed by atoms with Crippen molar-refractivity contribution in [2.24, 2.45) is 0 Å². The molecule has 24 heavy (non-hydrogen) atoms. The number of amides is 1. The van der Waals surface area contributed by atoms with E-state index in [2.05, 4.69) is 0 Å². The van der Waals surface area contributed by atoms with Crippen LogP contribution < -0.4 is 9.64 Å². The van der Waals surface area contributed by atoms with Gasteiger partial charge < -0.3 is 19.6 Å². The number of piperazine rings is 1. The molecule has 1 N–H and O–H groups in total. The van der Waals surface area contributed by atoms with Crippen molar-refractivity contribution in [3.05, 3.63) is 54.3 Å². The van der Waals surface area contributed by atoms with E-state index in [4.69, 9.17) is 4.74 Å². The first-order valence-electron chi connectivity index (χ1n) is 7.83. The molecule has 0 unspecified atom stereocenters. The maximum Gasteiger partial charge on any atom is 0.260 e. The van der Waals surface area contributed by atoms with Crippen LogP contribution in [0, 0.1) is 5.82 Å². The van der Waals surface area contributed by atoms with Crippen molar-refractivity contribution < 1.29 is 19.0 Å². The molecule has 1 aliphatic heterocycles. The number of carbonyl (C=O) groups is 1. The van der Waals surface area contributed by atoms with Crippen LogP contribution in [-0.4, -0.2) is 48.7 Å². The molecule has 2 aromatic carbocycles. The van der Waals surface area contributed by atoms with Crippen molar-refractivity contribution in [3.8, 4) is 11.5 Å². The summed E-state index contributed by atoms with van der Waals surface area (Å²) in [5.74, 6) is -0.330. The molecule has 2 aromatic rings. The standard InChI is InChI=1S/C18H19FN2O3/c19-14-5-1-4-8-17(14)24-13-18(23)21-11-9-20(10-12-21)15-6-2-3-7-16(15)22/h1-8,22H,9-13H2. The Balaban J connectivity index is 1.52. The highest BCUT2D eigenvalue weighted by atomic mass is 19.1. The molecule has 0 aromatic heterocycles. The van der Waals surface area contributed by atoms with Crippen molar-refractivity contribution in [1.29, 1.82) is 0 Å². The number of ether oxygens (including phenoxy) is 1. The van der Waals surface area contributed by atoms with Gasteiger partial charge in [-0.15, -0.1) is 0 Å². The van der Waals surface area contributed by atoms with Gasteiger partial charge in [-0.2, -0.15) is 0 Å². The summed E-state index contributed by atoms with van der Waals surface area (Å²) >= 11 is 0. The summed E-state index contributed by atoms with van der Waals surface area (Å²) in [6, 6.07) is 13.2. The van der Waals surface area contributed by atoms with Gasteiger partial charge in [0, 0.05) is 26.2 Å². The van der Waals surface area contributed by atoms with E-state index >= 15 is 0 Å². The number of phenols is 1. The average molecular weight is 330 g/mol. The molecular weight excluding hydrogens is 311 g/mol. The van der Waals surface area contributed by atoms with Gasteiger partial charge in [-0.05, 0) is 24.3 Å². The number of anilines is 1. The Hall–Kier alpha value is -2.76. The van der Waals surface area contributed by atoms with Crippen LogP contribution in [0.5, 0.6) is 11.5 Å². The largest absolute Gasteiger partial charge is 0.506 e. The summed E-state index contributed by atoms with van der Waals surface area (Å²) in [4.78, 5) is 15.9. The number of hydrogen-bond donors (Lipinski definition) is 1. The molecule has 6 heteroatoms. The second kappa shape index (κ2) is 7.21. The van der Waals surface area contributed by atoms with E-state index in [1.165, 1.54) is 12.1 Å². The normalized spacial score (nSPS) is 14.5. The van der Waals surface area contributed by atoms with Gasteiger partial charge >= 0.3 is 0 Å². The first-order valence-corrected chi connectivity index (χ1v) is 7.83. The second-order valence-electron chi connectivity index (χ2n) is 5.58. The molecule has 0 spiro atoms. The lowest BCUT2D eigenvalue weighted by Crippen LogP contribution is -2.50. The van der Waals surface area contributed by atoms with E-state index in [-0.39, 0.29) is 24.0 Å². The van der Waals surface area contributed by atoms with Crippen LogP contribution >= 0.6 is 0 Å². The zero-order chi connectivity index (χ0) is 16.9. The maximum atomic E-state index is 13.5. The fourth-order valence-electron chi connectivity index (χ4n) is 2.72. The molecule has 1 aliphatic rings. The van der Waals surface area contributed by atoms with Gasteiger partial charge in [0.05, 0.1) is 5.69 Å². The number of halogens is 1. The van der Waals surface area contributed by atoms with Crippen LogP contribution in [0.25, 0.3) is 0 Å². The summed E-state index contributed by atoms with van der Waals surface area (Å²) < 4.78 is 18.7. The average Bonchev–Trinajstić information content (AvgIpc) is 2.61. The van der Waals surface area contributed by atoms with Crippen molar-refractivity contribution in [3.63, 3.8) is 0 Å². The van der Waals surface area contributed by atoms with Gasteiger partial charge in [0.25, 0.3) is 5.91 Å². The van der Waals surface area contributed by atoms with E-state index in [1.54, 1.807) is 29.2 Å². The first kappa shape index (κ1) is 16.1. The minimum absolute atomic E-state index is 0.0821. The minimum Gasteiger partial charge on any atom is -0.506 e. The van der Waals surface area contributed by atoms with Crippen LogP contribution in [0.15, 0.2) is 48.5 Å². The molecule has 3 rings (SSSR count). The molecule has 0 saturated carbocycles. The summed E-state index contributed by atoms with van der Waals surface area (Å²) in [5, 5.41) is 9.90. The topological polar surface area (TPSA) is 53.0 Å². The smallest absolute Gasteiger partial charge is 0.260 e. The summed E-state index contributed by atoms with van der Waals surface area (Å²) in [5.41, 5.74) is 0.771. The highest BCUT2D eigenvalue weighted by Gasteiger charge is 2.23. The van der Waals surface area contributed by atoms with Gasteiger partial charge in [0.15, 0.2) is 18.2 Å². The minimum atomic E-state index is -0.477. The molecule has 0 radical (unpaired) electrons. The summed E-state index contributed by atoms with van der Waals surface area (Å²) in [7, 11) is 0. The third kappa shape index (κ3) is 3.59. The quantitative estimate of drug-likeness (QED) is 0.934. The van der Waals surface area contributed by atoms with Crippen LogP contribution in [0.2, 0.25) is 0 Å². The van der Waals surface area contributed by atoms with Crippen molar-refractivity contribution in [2.45, 2.75) is 0 Å². The zero-order valence-corrected chi connectivity index (χ0v) is 13.2. The lowest BCUT2D eigenvalue weighted by molar-refractivity contribution is -0.133. The predicted octanol–water partition coefficient (Wildman–Crippen LogP) is 2.26. The van der Waals surface area contributed by atoms with E-state index in [9.17, 15) is 14.3 Å². The van der Waals surface area contributed by atoms with Gasteiger partial charge in [-0.25, -0.2) is 4.39 Å². The molecule has 126 valence electrons. The number of phenolic OH excluding ortho intramolecular Hbond substituents is 1. The molecule has 5 nitrogen and oxygen atoms in total. The maximum absolute atomic E-state index is 13.5. The SMILES string of the molecule is O=C(COc1ccccc1F)N1CCN(c2ccccc2O)CC1. The van der Waals surface area contributed by atoms with Gasteiger partial charge in [0.2, 0.25) is 0 Å². The second-order valence-corrected chi connectivity index (χ2v) is 5.58. The lowest BCUT2D eigenvalue weighted by Gasteiger charge is -2.36.